The van der Waals surface area contributed by atoms with Crippen molar-refractivity contribution >= 4 is 28.2 Å². The number of unbranched alkanes of at least 4 members (excludes halogenated alkanes) is 2. The maximum atomic E-state index is 12.9. The number of carbonyl (C=O) groups excluding carboxylic acids is 2. The largest absolute Gasteiger partial charge is 0.493 e. The molecule has 6 heteroatoms. The normalized spacial score (nSPS) is 12.5. The van der Waals surface area contributed by atoms with Crippen molar-refractivity contribution in [1.29, 1.82) is 0 Å². The molecule has 1 aliphatic carbocycles. The van der Waals surface area contributed by atoms with Gasteiger partial charge in [0.25, 0.3) is 5.91 Å². The standard InChI is InChI=1S/C22H27NO4S/c1-3-5-8-14-27-17-12-7-6-10-15(17)20(24)23-21-19(22(25)26-4-2)16-11-9-13-18(16)28-21/h6-7,10,12H,3-5,8-9,11,13-14H2,1-2H3,(H,23,24). The predicted octanol–water partition coefficient (Wildman–Crippen LogP) is 5.23. The van der Waals surface area contributed by atoms with Gasteiger partial charge in [-0.1, -0.05) is 31.9 Å². The van der Waals surface area contributed by atoms with E-state index in [0.29, 0.717) is 35.1 Å². The van der Waals surface area contributed by atoms with Gasteiger partial charge in [0.15, 0.2) is 0 Å². The number of aryl methyl sites for hydroxylation is 1. The van der Waals surface area contributed by atoms with Crippen LogP contribution in [0.25, 0.3) is 0 Å². The first-order valence-electron chi connectivity index (χ1n) is 10.0. The number of anilines is 1. The average Bonchev–Trinajstić information content (AvgIpc) is 3.26. The molecule has 1 aromatic carbocycles. The van der Waals surface area contributed by atoms with E-state index in [4.69, 9.17) is 9.47 Å². The molecule has 1 aromatic heterocycles. The van der Waals surface area contributed by atoms with Crippen LogP contribution in [-0.2, 0) is 17.6 Å². The number of rotatable bonds is 9. The fourth-order valence-corrected chi connectivity index (χ4v) is 4.67. The number of para-hydroxylation sites is 1. The van der Waals surface area contributed by atoms with Crippen LogP contribution in [0, 0.1) is 0 Å². The zero-order valence-electron chi connectivity index (χ0n) is 16.5. The monoisotopic (exact) mass is 401 g/mol. The number of fused-ring (bicyclic) bond motifs is 1. The maximum Gasteiger partial charge on any atom is 0.341 e. The first-order valence-corrected chi connectivity index (χ1v) is 10.8. The molecule has 0 fully saturated rings. The van der Waals surface area contributed by atoms with Gasteiger partial charge in [0.1, 0.15) is 10.8 Å². The second kappa shape index (κ2) is 9.73. The Labute approximate surface area is 170 Å². The van der Waals surface area contributed by atoms with Crippen LogP contribution in [0.5, 0.6) is 5.75 Å². The van der Waals surface area contributed by atoms with Crippen molar-refractivity contribution in [3.63, 3.8) is 0 Å². The zero-order valence-corrected chi connectivity index (χ0v) is 17.3. The van der Waals surface area contributed by atoms with Gasteiger partial charge < -0.3 is 14.8 Å². The lowest BCUT2D eigenvalue weighted by Crippen LogP contribution is -2.16. The summed E-state index contributed by atoms with van der Waals surface area (Å²) in [6.45, 7) is 4.82. The Morgan fingerprint density at radius 1 is 1.14 bits per heavy atom. The minimum atomic E-state index is -0.360. The van der Waals surface area contributed by atoms with Crippen molar-refractivity contribution in [1.82, 2.24) is 0 Å². The van der Waals surface area contributed by atoms with E-state index in [1.54, 1.807) is 13.0 Å². The van der Waals surface area contributed by atoms with Gasteiger partial charge in [0, 0.05) is 4.88 Å². The molecular formula is C22H27NO4S. The molecule has 0 radical (unpaired) electrons. The zero-order chi connectivity index (χ0) is 19.9. The van der Waals surface area contributed by atoms with Crippen molar-refractivity contribution < 1.29 is 19.1 Å². The molecule has 5 nitrogen and oxygen atoms in total. The van der Waals surface area contributed by atoms with Crippen LogP contribution in [0.2, 0.25) is 0 Å². The topological polar surface area (TPSA) is 64.6 Å². The van der Waals surface area contributed by atoms with Crippen LogP contribution >= 0.6 is 11.3 Å². The summed E-state index contributed by atoms with van der Waals surface area (Å²) >= 11 is 1.48. The lowest BCUT2D eigenvalue weighted by Gasteiger charge is -2.12. The number of carbonyl (C=O) groups is 2. The highest BCUT2D eigenvalue weighted by Gasteiger charge is 2.28. The molecule has 0 atom stereocenters. The van der Waals surface area contributed by atoms with E-state index < -0.39 is 0 Å². The molecule has 0 spiro atoms. The van der Waals surface area contributed by atoms with Gasteiger partial charge in [-0.3, -0.25) is 4.79 Å². The SMILES string of the molecule is CCCCCOc1ccccc1C(=O)Nc1sc2c(c1C(=O)OCC)CCC2. The molecule has 1 N–H and O–H groups in total. The van der Waals surface area contributed by atoms with E-state index in [1.807, 2.05) is 18.2 Å². The Bertz CT molecular complexity index is 843. The molecule has 1 aliphatic rings. The number of hydrogen-bond donors (Lipinski definition) is 1. The molecule has 1 amide bonds. The third kappa shape index (κ3) is 4.55. The van der Waals surface area contributed by atoms with E-state index in [-0.39, 0.29) is 11.9 Å². The van der Waals surface area contributed by atoms with Gasteiger partial charge in [-0.25, -0.2) is 4.79 Å². The van der Waals surface area contributed by atoms with Crippen molar-refractivity contribution in [2.45, 2.75) is 52.4 Å². The van der Waals surface area contributed by atoms with Crippen LogP contribution in [0.1, 0.15) is 70.7 Å². The maximum absolute atomic E-state index is 12.9. The number of thiophene rings is 1. The van der Waals surface area contributed by atoms with Crippen molar-refractivity contribution in [2.75, 3.05) is 18.5 Å². The Morgan fingerprint density at radius 2 is 1.96 bits per heavy atom. The summed E-state index contributed by atoms with van der Waals surface area (Å²) in [4.78, 5) is 26.6. The van der Waals surface area contributed by atoms with Crippen LogP contribution in [0.3, 0.4) is 0 Å². The molecule has 150 valence electrons. The molecule has 3 rings (SSSR count). The highest BCUT2D eigenvalue weighted by atomic mass is 32.1. The predicted molar refractivity (Wildman–Crippen MR) is 112 cm³/mol. The second-order valence-electron chi connectivity index (χ2n) is 6.79. The third-order valence-electron chi connectivity index (χ3n) is 4.77. The second-order valence-corrected chi connectivity index (χ2v) is 7.89. The number of ether oxygens (including phenoxy) is 2. The van der Waals surface area contributed by atoms with Crippen LogP contribution in [-0.4, -0.2) is 25.1 Å². The average molecular weight is 402 g/mol. The van der Waals surface area contributed by atoms with Gasteiger partial charge >= 0.3 is 5.97 Å². The molecule has 28 heavy (non-hydrogen) atoms. The Hall–Kier alpha value is -2.34. The summed E-state index contributed by atoms with van der Waals surface area (Å²) in [5.74, 6) is -0.0595. The molecule has 0 unspecified atom stereocenters. The van der Waals surface area contributed by atoms with Crippen molar-refractivity contribution in [3.05, 3.63) is 45.8 Å². The van der Waals surface area contributed by atoms with Crippen LogP contribution in [0.15, 0.2) is 24.3 Å². The number of benzene rings is 1. The molecule has 1 heterocycles. The molecule has 0 bridgehead atoms. The fraction of sp³-hybridized carbons (Fsp3) is 0.455. The third-order valence-corrected chi connectivity index (χ3v) is 5.97. The molecule has 0 aliphatic heterocycles. The number of hydrogen-bond acceptors (Lipinski definition) is 5. The van der Waals surface area contributed by atoms with Gasteiger partial charge in [0.05, 0.1) is 24.3 Å². The number of esters is 1. The Balaban J connectivity index is 1.80. The first-order chi connectivity index (χ1) is 13.7. The summed E-state index contributed by atoms with van der Waals surface area (Å²) in [6.07, 6.45) is 6.00. The van der Waals surface area contributed by atoms with Crippen molar-refractivity contribution in [2.24, 2.45) is 0 Å². The van der Waals surface area contributed by atoms with Gasteiger partial charge in [-0.05, 0) is 50.3 Å². The van der Waals surface area contributed by atoms with Crippen molar-refractivity contribution in [3.8, 4) is 5.75 Å². The smallest absolute Gasteiger partial charge is 0.341 e. The molecular weight excluding hydrogens is 374 g/mol. The highest BCUT2D eigenvalue weighted by molar-refractivity contribution is 7.17. The molecule has 2 aromatic rings. The first kappa shape index (κ1) is 20.4. The van der Waals surface area contributed by atoms with Crippen LogP contribution < -0.4 is 10.1 Å². The Morgan fingerprint density at radius 3 is 2.75 bits per heavy atom. The number of nitrogens with one attached hydrogen (secondary N) is 1. The lowest BCUT2D eigenvalue weighted by atomic mass is 10.1. The van der Waals surface area contributed by atoms with E-state index in [9.17, 15) is 9.59 Å². The summed E-state index contributed by atoms with van der Waals surface area (Å²) < 4.78 is 11.1. The molecule has 0 saturated heterocycles. The highest BCUT2D eigenvalue weighted by Crippen LogP contribution is 2.40. The van der Waals surface area contributed by atoms with Gasteiger partial charge in [0.2, 0.25) is 0 Å². The summed E-state index contributed by atoms with van der Waals surface area (Å²) in [5, 5.41) is 3.51. The lowest BCUT2D eigenvalue weighted by molar-refractivity contribution is 0.0527. The van der Waals surface area contributed by atoms with E-state index >= 15 is 0 Å². The summed E-state index contributed by atoms with van der Waals surface area (Å²) in [5.41, 5.74) is 2.03. The van der Waals surface area contributed by atoms with E-state index in [0.717, 1.165) is 44.1 Å². The van der Waals surface area contributed by atoms with Crippen LogP contribution in [0.4, 0.5) is 5.00 Å². The minimum absolute atomic E-state index is 0.267. The Kier molecular flexibility index (Phi) is 7.09. The molecule has 0 saturated carbocycles. The fourth-order valence-electron chi connectivity index (χ4n) is 3.40. The number of amides is 1. The summed E-state index contributed by atoms with van der Waals surface area (Å²) in [7, 11) is 0. The minimum Gasteiger partial charge on any atom is -0.493 e. The van der Waals surface area contributed by atoms with Gasteiger partial charge in [-0.2, -0.15) is 0 Å². The van der Waals surface area contributed by atoms with E-state index in [2.05, 4.69) is 12.2 Å². The van der Waals surface area contributed by atoms with Gasteiger partial charge in [-0.15, -0.1) is 11.3 Å². The quantitative estimate of drug-likeness (QED) is 0.461. The van der Waals surface area contributed by atoms with E-state index in [1.165, 1.54) is 16.2 Å². The summed E-state index contributed by atoms with van der Waals surface area (Å²) in [6, 6.07) is 7.22.